The van der Waals surface area contributed by atoms with Crippen LogP contribution in [0.3, 0.4) is 0 Å². The molecule has 0 saturated heterocycles. The Labute approximate surface area is 134 Å². The Kier molecular flexibility index (Phi) is 3.26. The lowest BCUT2D eigenvalue weighted by Crippen LogP contribution is -2.16. The number of hydrogen-bond donors (Lipinski definition) is 0. The first-order valence-electron chi connectivity index (χ1n) is 7.48. The molecule has 0 radical (unpaired) electrons. The maximum Gasteiger partial charge on any atom is 0.162 e. The van der Waals surface area contributed by atoms with E-state index in [9.17, 15) is 0 Å². The predicted octanol–water partition coefficient (Wildman–Crippen LogP) is 3.17. The molecule has 3 aromatic rings. The number of benzene rings is 2. The van der Waals surface area contributed by atoms with Crippen LogP contribution >= 0.6 is 0 Å². The van der Waals surface area contributed by atoms with Gasteiger partial charge in [-0.05, 0) is 17.2 Å². The minimum absolute atomic E-state index is 0.675. The van der Waals surface area contributed by atoms with E-state index in [0.717, 1.165) is 29.8 Å². The van der Waals surface area contributed by atoms with Crippen molar-refractivity contribution in [1.29, 1.82) is 0 Å². The van der Waals surface area contributed by atoms with Gasteiger partial charge in [-0.3, -0.25) is 0 Å². The van der Waals surface area contributed by atoms with E-state index in [1.54, 1.807) is 20.5 Å². The summed E-state index contributed by atoms with van der Waals surface area (Å²) in [6, 6.07) is 12.3. The quantitative estimate of drug-likeness (QED) is 0.744. The fraction of sp³-hybridized carbons (Fsp3) is 0.222. The summed E-state index contributed by atoms with van der Waals surface area (Å²) >= 11 is 0. The maximum atomic E-state index is 5.42. The number of anilines is 1. The Bertz CT molecular complexity index is 854. The molecule has 0 bridgehead atoms. The van der Waals surface area contributed by atoms with E-state index in [1.807, 2.05) is 12.1 Å². The largest absolute Gasteiger partial charge is 0.493 e. The minimum Gasteiger partial charge on any atom is -0.493 e. The molecule has 2 aromatic carbocycles. The van der Waals surface area contributed by atoms with Crippen molar-refractivity contribution >= 4 is 16.7 Å². The normalized spacial score (nSPS) is 13.2. The molecule has 0 spiro atoms. The third-order valence-corrected chi connectivity index (χ3v) is 4.26. The second kappa shape index (κ2) is 5.43. The van der Waals surface area contributed by atoms with Crippen LogP contribution in [0.4, 0.5) is 5.82 Å². The molecule has 0 amide bonds. The molecule has 0 aliphatic carbocycles. The number of aromatic nitrogens is 2. The summed E-state index contributed by atoms with van der Waals surface area (Å²) in [5, 5.41) is 0.970. The van der Waals surface area contributed by atoms with Crippen LogP contribution in [0.15, 0.2) is 42.7 Å². The van der Waals surface area contributed by atoms with Gasteiger partial charge in [0.05, 0.1) is 19.7 Å². The number of nitrogens with zero attached hydrogens (tertiary/aromatic N) is 3. The molecule has 23 heavy (non-hydrogen) atoms. The second-order valence-corrected chi connectivity index (χ2v) is 5.55. The summed E-state index contributed by atoms with van der Waals surface area (Å²) in [6.07, 6.45) is 1.60. The van der Waals surface area contributed by atoms with Crippen LogP contribution in [0.1, 0.15) is 11.1 Å². The van der Waals surface area contributed by atoms with E-state index in [0.29, 0.717) is 11.5 Å². The van der Waals surface area contributed by atoms with Gasteiger partial charge in [0.2, 0.25) is 0 Å². The van der Waals surface area contributed by atoms with Crippen LogP contribution < -0.4 is 14.4 Å². The Morgan fingerprint density at radius 2 is 1.57 bits per heavy atom. The fourth-order valence-electron chi connectivity index (χ4n) is 3.10. The molecule has 0 unspecified atom stereocenters. The average molecular weight is 307 g/mol. The lowest BCUT2D eigenvalue weighted by molar-refractivity contribution is 0.356. The monoisotopic (exact) mass is 307 g/mol. The van der Waals surface area contributed by atoms with E-state index in [2.05, 4.69) is 39.1 Å². The van der Waals surface area contributed by atoms with Crippen molar-refractivity contribution in [2.24, 2.45) is 0 Å². The summed E-state index contributed by atoms with van der Waals surface area (Å²) in [4.78, 5) is 11.2. The molecule has 1 aliphatic rings. The fourth-order valence-corrected chi connectivity index (χ4v) is 3.10. The Balaban J connectivity index is 1.82. The molecule has 5 nitrogen and oxygen atoms in total. The Hall–Kier alpha value is -2.82. The van der Waals surface area contributed by atoms with E-state index < -0.39 is 0 Å². The van der Waals surface area contributed by atoms with Crippen molar-refractivity contribution in [2.75, 3.05) is 19.1 Å². The van der Waals surface area contributed by atoms with Crippen molar-refractivity contribution < 1.29 is 9.47 Å². The number of hydrogen-bond acceptors (Lipinski definition) is 5. The van der Waals surface area contributed by atoms with Crippen molar-refractivity contribution in [3.63, 3.8) is 0 Å². The molecule has 0 N–H and O–H groups in total. The smallest absolute Gasteiger partial charge is 0.162 e. The molecule has 2 heterocycles. The first-order valence-corrected chi connectivity index (χ1v) is 7.48. The molecule has 0 atom stereocenters. The second-order valence-electron chi connectivity index (χ2n) is 5.55. The third-order valence-electron chi connectivity index (χ3n) is 4.26. The van der Waals surface area contributed by atoms with Gasteiger partial charge in [0, 0.05) is 24.5 Å². The number of ether oxygens (including phenoxy) is 2. The van der Waals surface area contributed by atoms with Crippen LogP contribution in [-0.2, 0) is 13.1 Å². The molecule has 1 aliphatic heterocycles. The molecule has 1 aromatic heterocycles. The summed E-state index contributed by atoms with van der Waals surface area (Å²) in [7, 11) is 3.27. The summed E-state index contributed by atoms with van der Waals surface area (Å²) in [6.45, 7) is 1.72. The lowest BCUT2D eigenvalue weighted by Gasteiger charge is -2.19. The molecule has 5 heteroatoms. The van der Waals surface area contributed by atoms with E-state index in [4.69, 9.17) is 9.47 Å². The van der Waals surface area contributed by atoms with Crippen LogP contribution in [0.5, 0.6) is 11.5 Å². The van der Waals surface area contributed by atoms with Crippen LogP contribution in [0.25, 0.3) is 10.9 Å². The molecule has 0 saturated carbocycles. The summed E-state index contributed by atoms with van der Waals surface area (Å²) in [5.74, 6) is 2.29. The van der Waals surface area contributed by atoms with Gasteiger partial charge in [0.25, 0.3) is 0 Å². The van der Waals surface area contributed by atoms with Crippen LogP contribution in [-0.4, -0.2) is 24.2 Å². The van der Waals surface area contributed by atoms with Gasteiger partial charge in [-0.15, -0.1) is 0 Å². The van der Waals surface area contributed by atoms with Gasteiger partial charge in [0.15, 0.2) is 11.5 Å². The zero-order valence-electron chi connectivity index (χ0n) is 13.1. The number of methoxy groups -OCH3 is 2. The van der Waals surface area contributed by atoms with Gasteiger partial charge < -0.3 is 14.4 Å². The van der Waals surface area contributed by atoms with Crippen molar-refractivity contribution in [1.82, 2.24) is 9.97 Å². The van der Waals surface area contributed by atoms with E-state index >= 15 is 0 Å². The topological polar surface area (TPSA) is 47.5 Å². The van der Waals surface area contributed by atoms with Crippen molar-refractivity contribution in [3.05, 3.63) is 53.9 Å². The standard InChI is InChI=1S/C18H17N3O2/c1-22-16-7-14-15(8-17(16)23-2)19-11-20-18(14)21-9-12-5-3-4-6-13(12)10-21/h3-8,11H,9-10H2,1-2H3. The zero-order valence-corrected chi connectivity index (χ0v) is 13.1. The Morgan fingerprint density at radius 1 is 0.913 bits per heavy atom. The van der Waals surface area contributed by atoms with Gasteiger partial charge in [-0.2, -0.15) is 0 Å². The highest BCUT2D eigenvalue weighted by molar-refractivity contribution is 5.92. The van der Waals surface area contributed by atoms with Crippen LogP contribution in [0, 0.1) is 0 Å². The molecular formula is C18H17N3O2. The van der Waals surface area contributed by atoms with Gasteiger partial charge in [-0.1, -0.05) is 24.3 Å². The average Bonchev–Trinajstić information content (AvgIpc) is 3.03. The highest BCUT2D eigenvalue weighted by Crippen LogP contribution is 2.36. The van der Waals surface area contributed by atoms with Gasteiger partial charge in [0.1, 0.15) is 12.1 Å². The van der Waals surface area contributed by atoms with Gasteiger partial charge in [-0.25, -0.2) is 9.97 Å². The maximum absolute atomic E-state index is 5.42. The van der Waals surface area contributed by atoms with Crippen LogP contribution in [0.2, 0.25) is 0 Å². The molecular weight excluding hydrogens is 290 g/mol. The highest BCUT2D eigenvalue weighted by atomic mass is 16.5. The van der Waals surface area contributed by atoms with Crippen molar-refractivity contribution in [3.8, 4) is 11.5 Å². The summed E-state index contributed by atoms with van der Waals surface area (Å²) < 4.78 is 10.8. The lowest BCUT2D eigenvalue weighted by atomic mass is 10.1. The molecule has 0 fully saturated rings. The number of rotatable bonds is 3. The first kappa shape index (κ1) is 13.8. The highest BCUT2D eigenvalue weighted by Gasteiger charge is 2.22. The van der Waals surface area contributed by atoms with Gasteiger partial charge >= 0.3 is 0 Å². The molecule has 4 rings (SSSR count). The minimum atomic E-state index is 0.675. The Morgan fingerprint density at radius 3 is 2.22 bits per heavy atom. The van der Waals surface area contributed by atoms with E-state index in [1.165, 1.54) is 11.1 Å². The first-order chi connectivity index (χ1) is 11.3. The third kappa shape index (κ3) is 2.25. The van der Waals surface area contributed by atoms with E-state index in [-0.39, 0.29) is 0 Å². The SMILES string of the molecule is COc1cc2ncnc(N3Cc4ccccc4C3)c2cc1OC. The number of fused-ring (bicyclic) bond motifs is 2. The molecule has 116 valence electrons. The summed E-state index contributed by atoms with van der Waals surface area (Å²) in [5.41, 5.74) is 3.54. The van der Waals surface area contributed by atoms with Crippen molar-refractivity contribution in [2.45, 2.75) is 13.1 Å². The predicted molar refractivity (Wildman–Crippen MR) is 89.0 cm³/mol. The zero-order chi connectivity index (χ0) is 15.8.